The first-order chi connectivity index (χ1) is 14.4. The topological polar surface area (TPSA) is 71.6 Å². The van der Waals surface area contributed by atoms with Gasteiger partial charge in [-0.25, -0.2) is 0 Å². The van der Waals surface area contributed by atoms with Crippen molar-refractivity contribution in [3.05, 3.63) is 69.3 Å². The Labute approximate surface area is 175 Å². The lowest BCUT2D eigenvalue weighted by Gasteiger charge is -2.18. The molecule has 0 saturated carbocycles. The number of aromatic nitrogens is 1. The van der Waals surface area contributed by atoms with E-state index in [1.165, 1.54) is 34.4 Å². The van der Waals surface area contributed by atoms with E-state index in [-0.39, 0.29) is 30.2 Å². The van der Waals surface area contributed by atoms with Gasteiger partial charge in [0.15, 0.2) is 11.5 Å². The molecule has 2 heterocycles. The fourth-order valence-corrected chi connectivity index (χ4v) is 3.59. The summed E-state index contributed by atoms with van der Waals surface area (Å²) in [5.41, 5.74) is 0.821. The van der Waals surface area contributed by atoms with Gasteiger partial charge in [-0.2, -0.15) is 8.78 Å². The van der Waals surface area contributed by atoms with E-state index in [0.717, 1.165) is 4.88 Å². The minimum absolute atomic E-state index is 0.0143. The van der Waals surface area contributed by atoms with Crippen LogP contribution in [0.15, 0.2) is 52.6 Å². The number of carbonyl (C=O) groups excluding carboxylic acids is 1. The fourth-order valence-electron chi connectivity index (χ4n) is 2.88. The van der Waals surface area contributed by atoms with Crippen LogP contribution >= 0.6 is 11.3 Å². The van der Waals surface area contributed by atoms with Crippen molar-refractivity contribution >= 4 is 17.2 Å². The van der Waals surface area contributed by atoms with Gasteiger partial charge in [-0.1, -0.05) is 12.1 Å². The second-order valence-electron chi connectivity index (χ2n) is 6.35. The smallest absolute Gasteiger partial charge is 0.387 e. The minimum atomic E-state index is -2.97. The molecule has 3 rings (SSSR count). The number of pyridine rings is 1. The Morgan fingerprint density at radius 1 is 1.20 bits per heavy atom. The highest BCUT2D eigenvalue weighted by Gasteiger charge is 2.18. The van der Waals surface area contributed by atoms with E-state index in [9.17, 15) is 18.4 Å². The molecule has 3 aromatic rings. The molecule has 1 N–H and O–H groups in total. The molecule has 1 aromatic carbocycles. The zero-order valence-electron chi connectivity index (χ0n) is 16.4. The van der Waals surface area contributed by atoms with E-state index in [1.54, 1.807) is 26.1 Å². The number of thiophene rings is 1. The number of rotatable bonds is 8. The highest BCUT2D eigenvalue weighted by molar-refractivity contribution is 7.13. The Morgan fingerprint density at radius 2 is 2.00 bits per heavy atom. The van der Waals surface area contributed by atoms with Gasteiger partial charge >= 0.3 is 6.61 Å². The van der Waals surface area contributed by atoms with Gasteiger partial charge in [-0.15, -0.1) is 11.3 Å². The molecule has 0 aliphatic rings. The molecule has 0 fully saturated rings. The number of H-pyrrole nitrogens is 1. The van der Waals surface area contributed by atoms with Crippen LogP contribution in [0.3, 0.4) is 0 Å². The number of hydrogen-bond donors (Lipinski definition) is 1. The van der Waals surface area contributed by atoms with Crippen LogP contribution in [0.25, 0.3) is 10.6 Å². The monoisotopic (exact) mass is 434 g/mol. The van der Waals surface area contributed by atoms with Crippen LogP contribution in [0, 0.1) is 0 Å². The van der Waals surface area contributed by atoms with Crippen molar-refractivity contribution < 1.29 is 23.0 Å². The van der Waals surface area contributed by atoms with Crippen LogP contribution in [0.1, 0.15) is 22.8 Å². The van der Waals surface area contributed by atoms with Crippen LogP contribution in [0.4, 0.5) is 8.78 Å². The normalized spacial score (nSPS) is 10.8. The molecule has 0 aliphatic heterocycles. The summed E-state index contributed by atoms with van der Waals surface area (Å²) in [5.74, 6) is -0.376. The van der Waals surface area contributed by atoms with Crippen LogP contribution in [0.2, 0.25) is 0 Å². The Kier molecular flexibility index (Phi) is 6.83. The predicted octanol–water partition coefficient (Wildman–Crippen LogP) is 4.38. The van der Waals surface area contributed by atoms with Gasteiger partial charge in [0.2, 0.25) is 0 Å². The summed E-state index contributed by atoms with van der Waals surface area (Å²) in [5, 5.41) is 1.90. The number of benzene rings is 1. The number of ether oxygens (including phenoxy) is 2. The maximum Gasteiger partial charge on any atom is 0.387 e. The van der Waals surface area contributed by atoms with Crippen molar-refractivity contribution in [3.63, 3.8) is 0 Å². The second-order valence-corrected chi connectivity index (χ2v) is 7.29. The molecule has 1 amide bonds. The molecule has 0 unspecified atom stereocenters. The number of carbonyl (C=O) groups is 1. The van der Waals surface area contributed by atoms with E-state index in [0.29, 0.717) is 11.3 Å². The third-order valence-corrected chi connectivity index (χ3v) is 5.12. The summed E-state index contributed by atoms with van der Waals surface area (Å²) in [6, 6.07) is 11.4. The molecule has 0 atom stereocenters. The average Bonchev–Trinajstić information content (AvgIpc) is 3.24. The lowest BCUT2D eigenvalue weighted by Crippen LogP contribution is -2.31. The zero-order chi connectivity index (χ0) is 21.7. The summed E-state index contributed by atoms with van der Waals surface area (Å²) in [7, 11) is 1.55. The van der Waals surface area contributed by atoms with Crippen molar-refractivity contribution in [3.8, 4) is 22.1 Å². The lowest BCUT2D eigenvalue weighted by molar-refractivity contribution is -0.0514. The van der Waals surface area contributed by atoms with Gasteiger partial charge in [0.1, 0.15) is 5.56 Å². The number of aromatic amines is 1. The number of nitrogens with zero attached hydrogens (tertiary/aromatic N) is 1. The summed E-state index contributed by atoms with van der Waals surface area (Å²) < 4.78 is 34.9. The number of nitrogens with one attached hydrogen (secondary N) is 1. The zero-order valence-corrected chi connectivity index (χ0v) is 17.2. The van der Waals surface area contributed by atoms with Crippen LogP contribution in [-0.2, 0) is 6.54 Å². The molecule has 9 heteroatoms. The minimum Gasteiger partial charge on any atom is -0.490 e. The Balaban J connectivity index is 1.77. The highest BCUT2D eigenvalue weighted by Crippen LogP contribution is 2.30. The van der Waals surface area contributed by atoms with Gasteiger partial charge in [0, 0.05) is 13.6 Å². The van der Waals surface area contributed by atoms with E-state index >= 15 is 0 Å². The van der Waals surface area contributed by atoms with Gasteiger partial charge in [-0.3, -0.25) is 9.59 Å². The molecule has 0 spiro atoms. The summed E-state index contributed by atoms with van der Waals surface area (Å²) in [4.78, 5) is 30.2. The van der Waals surface area contributed by atoms with E-state index in [2.05, 4.69) is 9.72 Å². The first-order valence-electron chi connectivity index (χ1n) is 9.12. The van der Waals surface area contributed by atoms with Gasteiger partial charge < -0.3 is 19.4 Å². The predicted molar refractivity (Wildman–Crippen MR) is 110 cm³/mol. The van der Waals surface area contributed by atoms with Crippen LogP contribution in [-0.4, -0.2) is 36.1 Å². The van der Waals surface area contributed by atoms with Gasteiger partial charge in [-0.05, 0) is 48.2 Å². The maximum atomic E-state index is 12.7. The standard InChI is InChI=1S/C21H20F2N2O4S/c1-3-28-17-11-13(6-9-16(17)29-21(22)23)12-25(2)20(27)14-7-8-15(24-19(14)26)18-5-4-10-30-18/h4-11,21H,3,12H2,1-2H3,(H,24,26). The average molecular weight is 434 g/mol. The Morgan fingerprint density at radius 3 is 2.63 bits per heavy atom. The summed E-state index contributed by atoms with van der Waals surface area (Å²) >= 11 is 1.48. The first kappa shape index (κ1) is 21.5. The molecule has 158 valence electrons. The molecule has 0 saturated heterocycles. The molecule has 2 aromatic heterocycles. The van der Waals surface area contributed by atoms with E-state index in [1.807, 2.05) is 17.5 Å². The summed E-state index contributed by atoms with van der Waals surface area (Å²) in [6.07, 6.45) is 0. The molecular weight excluding hydrogens is 414 g/mol. The first-order valence-corrected chi connectivity index (χ1v) is 10.00. The maximum absolute atomic E-state index is 12.7. The molecule has 30 heavy (non-hydrogen) atoms. The van der Waals surface area contributed by atoms with E-state index < -0.39 is 18.1 Å². The molecule has 6 nitrogen and oxygen atoms in total. The fraction of sp³-hybridized carbons (Fsp3) is 0.238. The van der Waals surface area contributed by atoms with Gasteiger partial charge in [0.05, 0.1) is 17.2 Å². The lowest BCUT2D eigenvalue weighted by atomic mass is 10.1. The third-order valence-electron chi connectivity index (χ3n) is 4.22. The highest BCUT2D eigenvalue weighted by atomic mass is 32.1. The van der Waals surface area contributed by atoms with Crippen molar-refractivity contribution in [2.24, 2.45) is 0 Å². The molecular formula is C21H20F2N2O4S. The van der Waals surface area contributed by atoms with Crippen molar-refractivity contribution in [1.82, 2.24) is 9.88 Å². The summed E-state index contributed by atoms with van der Waals surface area (Å²) in [6.45, 7) is -0.826. The van der Waals surface area contributed by atoms with Crippen molar-refractivity contribution in [2.75, 3.05) is 13.7 Å². The Bertz CT molecular complexity index is 1070. The Hall–Kier alpha value is -3.20. The third kappa shape index (κ3) is 5.04. The number of hydrogen-bond acceptors (Lipinski definition) is 5. The SMILES string of the molecule is CCOc1cc(CN(C)C(=O)c2ccc(-c3cccs3)[nH]c2=O)ccc1OC(F)F. The van der Waals surface area contributed by atoms with Crippen molar-refractivity contribution in [2.45, 2.75) is 20.1 Å². The number of alkyl halides is 2. The molecule has 0 aliphatic carbocycles. The van der Waals surface area contributed by atoms with Crippen LogP contribution < -0.4 is 15.0 Å². The molecule has 0 bridgehead atoms. The van der Waals surface area contributed by atoms with E-state index in [4.69, 9.17) is 4.74 Å². The van der Waals surface area contributed by atoms with Gasteiger partial charge in [0.25, 0.3) is 11.5 Å². The molecule has 0 radical (unpaired) electrons. The number of halogens is 2. The largest absolute Gasteiger partial charge is 0.490 e. The van der Waals surface area contributed by atoms with Crippen molar-refractivity contribution in [1.29, 1.82) is 0 Å². The quantitative estimate of drug-likeness (QED) is 0.571. The second kappa shape index (κ2) is 9.53. The van der Waals surface area contributed by atoms with Crippen LogP contribution in [0.5, 0.6) is 11.5 Å². The number of amides is 1.